The molecule has 1 aliphatic rings. The Morgan fingerprint density at radius 2 is 2.21 bits per heavy atom. The van der Waals surface area contributed by atoms with Crippen molar-refractivity contribution < 1.29 is 4.79 Å². The number of halogens is 1. The van der Waals surface area contributed by atoms with Crippen molar-refractivity contribution in [2.45, 2.75) is 38.6 Å². The SMILES string of the molecule is CC1CCCC(NC(=O)c2cc(Cl)ccc2NN)C1. The second-order valence-electron chi connectivity index (χ2n) is 5.28. The number of hydrogen-bond acceptors (Lipinski definition) is 3. The second-order valence-corrected chi connectivity index (χ2v) is 5.71. The van der Waals surface area contributed by atoms with Crippen molar-refractivity contribution >= 4 is 23.2 Å². The van der Waals surface area contributed by atoms with E-state index in [1.807, 2.05) is 0 Å². The summed E-state index contributed by atoms with van der Waals surface area (Å²) in [6.07, 6.45) is 4.50. The Morgan fingerprint density at radius 3 is 2.89 bits per heavy atom. The number of anilines is 1. The third kappa shape index (κ3) is 3.61. The Kier molecular flexibility index (Phi) is 4.66. The van der Waals surface area contributed by atoms with Crippen molar-refractivity contribution in [2.24, 2.45) is 11.8 Å². The monoisotopic (exact) mass is 281 g/mol. The number of rotatable bonds is 3. The summed E-state index contributed by atoms with van der Waals surface area (Å²) in [6.45, 7) is 2.23. The van der Waals surface area contributed by atoms with Crippen molar-refractivity contribution in [2.75, 3.05) is 5.43 Å². The molecule has 1 aromatic rings. The van der Waals surface area contributed by atoms with E-state index in [4.69, 9.17) is 17.4 Å². The molecule has 19 heavy (non-hydrogen) atoms. The molecule has 5 heteroatoms. The van der Waals surface area contributed by atoms with Crippen LogP contribution in [0.25, 0.3) is 0 Å². The van der Waals surface area contributed by atoms with E-state index < -0.39 is 0 Å². The molecule has 4 nitrogen and oxygen atoms in total. The van der Waals surface area contributed by atoms with Crippen LogP contribution in [-0.2, 0) is 0 Å². The molecule has 2 unspecified atom stereocenters. The first-order chi connectivity index (χ1) is 9.10. The summed E-state index contributed by atoms with van der Waals surface area (Å²) in [5.74, 6) is 5.98. The molecule has 2 rings (SSSR count). The van der Waals surface area contributed by atoms with E-state index in [2.05, 4.69) is 17.7 Å². The Hall–Kier alpha value is -1.26. The number of nitrogens with two attached hydrogens (primary N) is 1. The minimum absolute atomic E-state index is 0.116. The molecule has 0 radical (unpaired) electrons. The van der Waals surface area contributed by atoms with Crippen molar-refractivity contribution in [3.63, 3.8) is 0 Å². The maximum Gasteiger partial charge on any atom is 0.253 e. The van der Waals surface area contributed by atoms with E-state index in [0.717, 1.165) is 12.8 Å². The summed E-state index contributed by atoms with van der Waals surface area (Å²) in [4.78, 5) is 12.3. The number of carbonyl (C=O) groups is 1. The topological polar surface area (TPSA) is 67.2 Å². The van der Waals surface area contributed by atoms with E-state index in [1.54, 1.807) is 18.2 Å². The van der Waals surface area contributed by atoms with Gasteiger partial charge in [-0.05, 0) is 37.0 Å². The molecule has 4 N–H and O–H groups in total. The molecule has 1 saturated carbocycles. The zero-order valence-electron chi connectivity index (χ0n) is 11.1. The maximum atomic E-state index is 12.3. The molecule has 1 aliphatic carbocycles. The number of nitrogens with one attached hydrogen (secondary N) is 2. The molecule has 0 saturated heterocycles. The fourth-order valence-corrected chi connectivity index (χ4v) is 2.83. The highest BCUT2D eigenvalue weighted by atomic mass is 35.5. The summed E-state index contributed by atoms with van der Waals surface area (Å²) >= 11 is 5.94. The summed E-state index contributed by atoms with van der Waals surface area (Å²) in [7, 11) is 0. The van der Waals surface area contributed by atoms with Gasteiger partial charge in [0.25, 0.3) is 5.91 Å². The molecule has 1 fully saturated rings. The van der Waals surface area contributed by atoms with Gasteiger partial charge in [-0.15, -0.1) is 0 Å². The van der Waals surface area contributed by atoms with Crippen LogP contribution in [0, 0.1) is 5.92 Å². The minimum Gasteiger partial charge on any atom is -0.349 e. The van der Waals surface area contributed by atoms with Gasteiger partial charge >= 0.3 is 0 Å². The number of amides is 1. The largest absolute Gasteiger partial charge is 0.349 e. The average Bonchev–Trinajstić information content (AvgIpc) is 2.38. The van der Waals surface area contributed by atoms with Crippen LogP contribution >= 0.6 is 11.6 Å². The predicted octanol–water partition coefficient (Wildman–Crippen LogP) is 2.93. The average molecular weight is 282 g/mol. The predicted molar refractivity (Wildman–Crippen MR) is 78.1 cm³/mol. The van der Waals surface area contributed by atoms with Crippen LogP contribution in [-0.4, -0.2) is 11.9 Å². The van der Waals surface area contributed by atoms with Crippen LogP contribution in [0.5, 0.6) is 0 Å². The first-order valence-corrected chi connectivity index (χ1v) is 7.05. The summed E-state index contributed by atoms with van der Waals surface area (Å²) in [5.41, 5.74) is 3.61. The molecule has 0 heterocycles. The molecule has 0 aliphatic heterocycles. The minimum atomic E-state index is -0.116. The third-order valence-corrected chi connectivity index (χ3v) is 3.89. The number of carbonyl (C=O) groups excluding carboxylic acids is 1. The summed E-state index contributed by atoms with van der Waals surface area (Å²) < 4.78 is 0. The Bertz CT molecular complexity index is 464. The zero-order chi connectivity index (χ0) is 13.8. The fourth-order valence-electron chi connectivity index (χ4n) is 2.66. The molecule has 1 amide bonds. The van der Waals surface area contributed by atoms with Crippen LogP contribution in [0.1, 0.15) is 43.0 Å². The lowest BCUT2D eigenvalue weighted by atomic mass is 9.87. The van der Waals surface area contributed by atoms with Gasteiger partial charge in [0.2, 0.25) is 0 Å². The highest BCUT2D eigenvalue weighted by Crippen LogP contribution is 2.25. The van der Waals surface area contributed by atoms with Crippen molar-refractivity contribution in [1.29, 1.82) is 0 Å². The molecular formula is C14H20ClN3O. The Morgan fingerprint density at radius 1 is 1.42 bits per heavy atom. The van der Waals surface area contributed by atoms with Gasteiger partial charge < -0.3 is 10.7 Å². The van der Waals surface area contributed by atoms with Gasteiger partial charge in [-0.1, -0.05) is 31.4 Å². The molecule has 0 spiro atoms. The Balaban J connectivity index is 2.09. The second kappa shape index (κ2) is 6.26. The number of hydrazine groups is 1. The van der Waals surface area contributed by atoms with Gasteiger partial charge in [-0.2, -0.15) is 0 Å². The molecule has 0 aromatic heterocycles. The van der Waals surface area contributed by atoms with E-state index in [-0.39, 0.29) is 11.9 Å². The molecule has 0 bridgehead atoms. The first kappa shape index (κ1) is 14.2. The van der Waals surface area contributed by atoms with Gasteiger partial charge in [-0.25, -0.2) is 0 Å². The van der Waals surface area contributed by atoms with Crippen LogP contribution in [0.3, 0.4) is 0 Å². The first-order valence-electron chi connectivity index (χ1n) is 6.67. The highest BCUT2D eigenvalue weighted by molar-refractivity contribution is 6.31. The van der Waals surface area contributed by atoms with Crippen LogP contribution in [0.15, 0.2) is 18.2 Å². The van der Waals surface area contributed by atoms with Crippen LogP contribution < -0.4 is 16.6 Å². The lowest BCUT2D eigenvalue weighted by Crippen LogP contribution is -2.38. The van der Waals surface area contributed by atoms with Gasteiger partial charge in [0.1, 0.15) is 0 Å². The van der Waals surface area contributed by atoms with Crippen LogP contribution in [0.2, 0.25) is 5.02 Å². The molecule has 2 atom stereocenters. The lowest BCUT2D eigenvalue weighted by Gasteiger charge is -2.27. The smallest absolute Gasteiger partial charge is 0.253 e. The standard InChI is InChI=1S/C14H20ClN3O/c1-9-3-2-4-11(7-9)17-14(19)12-8-10(15)5-6-13(12)18-16/h5-6,8-9,11,18H,2-4,7,16H2,1H3,(H,17,19). The normalized spacial score (nSPS) is 22.9. The van der Waals surface area contributed by atoms with E-state index in [1.165, 1.54) is 12.8 Å². The number of hydrogen-bond donors (Lipinski definition) is 3. The maximum absolute atomic E-state index is 12.3. The van der Waals surface area contributed by atoms with Gasteiger partial charge in [0, 0.05) is 11.1 Å². The van der Waals surface area contributed by atoms with Crippen molar-refractivity contribution in [3.05, 3.63) is 28.8 Å². The molecular weight excluding hydrogens is 262 g/mol. The van der Waals surface area contributed by atoms with Crippen molar-refractivity contribution in [1.82, 2.24) is 5.32 Å². The van der Waals surface area contributed by atoms with E-state index >= 15 is 0 Å². The van der Waals surface area contributed by atoms with Gasteiger partial charge in [-0.3, -0.25) is 10.6 Å². The summed E-state index contributed by atoms with van der Waals surface area (Å²) in [5, 5.41) is 3.60. The fraction of sp³-hybridized carbons (Fsp3) is 0.500. The molecule has 1 aromatic carbocycles. The Labute approximate surface area is 118 Å². The van der Waals surface area contributed by atoms with E-state index in [0.29, 0.717) is 22.2 Å². The lowest BCUT2D eigenvalue weighted by molar-refractivity contribution is 0.0922. The number of benzene rings is 1. The van der Waals surface area contributed by atoms with Gasteiger partial charge in [0.15, 0.2) is 0 Å². The number of nitrogen functional groups attached to an aromatic ring is 1. The van der Waals surface area contributed by atoms with Crippen molar-refractivity contribution in [3.8, 4) is 0 Å². The third-order valence-electron chi connectivity index (χ3n) is 3.65. The molecule has 104 valence electrons. The quantitative estimate of drug-likeness (QED) is 0.589. The van der Waals surface area contributed by atoms with E-state index in [9.17, 15) is 4.79 Å². The zero-order valence-corrected chi connectivity index (χ0v) is 11.8. The highest BCUT2D eigenvalue weighted by Gasteiger charge is 2.22. The van der Waals surface area contributed by atoms with Crippen LogP contribution in [0.4, 0.5) is 5.69 Å². The summed E-state index contributed by atoms with van der Waals surface area (Å²) in [6, 6.07) is 5.30. The van der Waals surface area contributed by atoms with Gasteiger partial charge in [0.05, 0.1) is 11.3 Å².